The lowest BCUT2D eigenvalue weighted by Gasteiger charge is -2.21. The lowest BCUT2D eigenvalue weighted by molar-refractivity contribution is 0.0699. The third-order valence-electron chi connectivity index (χ3n) is 3.15. The van der Waals surface area contributed by atoms with Gasteiger partial charge in [0.25, 0.3) is 0 Å². The molecule has 0 saturated heterocycles. The highest BCUT2D eigenvalue weighted by Crippen LogP contribution is 2.21. The summed E-state index contributed by atoms with van der Waals surface area (Å²) in [5.41, 5.74) is 1.03. The van der Waals surface area contributed by atoms with Crippen molar-refractivity contribution >= 4 is 22.7 Å². The molecule has 0 amide bonds. The SMILES string of the molecule is CCCN(CC)c1ccc2c(C(=O)O)cccc2n1. The Balaban J connectivity index is 2.49. The number of hydrogen-bond donors (Lipinski definition) is 1. The van der Waals surface area contributed by atoms with E-state index in [2.05, 4.69) is 23.7 Å². The first-order valence-corrected chi connectivity index (χ1v) is 6.55. The Hall–Kier alpha value is -2.10. The van der Waals surface area contributed by atoms with Crippen LogP contribution in [0, 0.1) is 0 Å². The lowest BCUT2D eigenvalue weighted by Crippen LogP contribution is -2.24. The Bertz CT molecular complexity index is 596. The van der Waals surface area contributed by atoms with Crippen molar-refractivity contribution in [1.29, 1.82) is 0 Å². The smallest absolute Gasteiger partial charge is 0.336 e. The summed E-state index contributed by atoms with van der Waals surface area (Å²) in [4.78, 5) is 17.9. The van der Waals surface area contributed by atoms with Crippen molar-refractivity contribution in [3.8, 4) is 0 Å². The second-order valence-corrected chi connectivity index (χ2v) is 4.43. The zero-order valence-corrected chi connectivity index (χ0v) is 11.3. The minimum Gasteiger partial charge on any atom is -0.478 e. The highest BCUT2D eigenvalue weighted by atomic mass is 16.4. The molecule has 1 N–H and O–H groups in total. The molecule has 19 heavy (non-hydrogen) atoms. The van der Waals surface area contributed by atoms with Gasteiger partial charge < -0.3 is 10.0 Å². The largest absolute Gasteiger partial charge is 0.478 e. The van der Waals surface area contributed by atoms with Gasteiger partial charge in [-0.3, -0.25) is 0 Å². The van der Waals surface area contributed by atoms with Gasteiger partial charge in [0.2, 0.25) is 0 Å². The first kappa shape index (κ1) is 13.3. The highest BCUT2D eigenvalue weighted by Gasteiger charge is 2.11. The van der Waals surface area contributed by atoms with Crippen LogP contribution in [0.25, 0.3) is 10.9 Å². The average Bonchev–Trinajstić information content (AvgIpc) is 2.43. The molecule has 100 valence electrons. The third kappa shape index (κ3) is 2.67. The zero-order valence-electron chi connectivity index (χ0n) is 11.3. The van der Waals surface area contributed by atoms with Crippen LogP contribution in [0.1, 0.15) is 30.6 Å². The number of rotatable bonds is 5. The van der Waals surface area contributed by atoms with Gasteiger partial charge in [-0.2, -0.15) is 0 Å². The molecule has 0 aliphatic heterocycles. The number of pyridine rings is 1. The summed E-state index contributed by atoms with van der Waals surface area (Å²) in [6.07, 6.45) is 1.06. The quantitative estimate of drug-likeness (QED) is 0.895. The monoisotopic (exact) mass is 258 g/mol. The normalized spacial score (nSPS) is 10.6. The average molecular weight is 258 g/mol. The van der Waals surface area contributed by atoms with Crippen LogP contribution in [0.2, 0.25) is 0 Å². The summed E-state index contributed by atoms with van der Waals surface area (Å²) in [5.74, 6) is -0.0135. The predicted molar refractivity (Wildman–Crippen MR) is 76.9 cm³/mol. The van der Waals surface area contributed by atoms with Gasteiger partial charge in [0.15, 0.2) is 0 Å². The molecule has 4 nitrogen and oxygen atoms in total. The Morgan fingerprint density at radius 2 is 2.05 bits per heavy atom. The van der Waals surface area contributed by atoms with Crippen LogP contribution in [0.3, 0.4) is 0 Å². The van der Waals surface area contributed by atoms with Gasteiger partial charge >= 0.3 is 5.97 Å². The molecule has 1 aromatic carbocycles. The van der Waals surface area contributed by atoms with E-state index in [0.29, 0.717) is 10.9 Å². The predicted octanol–water partition coefficient (Wildman–Crippen LogP) is 3.17. The number of hydrogen-bond acceptors (Lipinski definition) is 3. The van der Waals surface area contributed by atoms with Crippen molar-refractivity contribution in [2.45, 2.75) is 20.3 Å². The van der Waals surface area contributed by atoms with Crippen LogP contribution in [0.4, 0.5) is 5.82 Å². The van der Waals surface area contributed by atoms with Gasteiger partial charge in [-0.1, -0.05) is 13.0 Å². The molecule has 1 heterocycles. The number of nitrogens with zero attached hydrogens (tertiary/aromatic N) is 2. The number of aromatic carboxylic acids is 1. The number of benzene rings is 1. The lowest BCUT2D eigenvalue weighted by atomic mass is 10.1. The van der Waals surface area contributed by atoms with E-state index in [1.54, 1.807) is 12.1 Å². The van der Waals surface area contributed by atoms with Crippen LogP contribution in [-0.2, 0) is 0 Å². The van der Waals surface area contributed by atoms with Crippen LogP contribution < -0.4 is 4.90 Å². The molecule has 0 unspecified atom stereocenters. The van der Waals surface area contributed by atoms with Gasteiger partial charge in [0, 0.05) is 18.5 Å². The van der Waals surface area contributed by atoms with Gasteiger partial charge in [-0.15, -0.1) is 0 Å². The molecule has 0 aliphatic carbocycles. The van der Waals surface area contributed by atoms with Crippen molar-refractivity contribution < 1.29 is 9.90 Å². The third-order valence-corrected chi connectivity index (χ3v) is 3.15. The maximum atomic E-state index is 11.2. The van der Waals surface area contributed by atoms with Crippen molar-refractivity contribution in [2.75, 3.05) is 18.0 Å². The second-order valence-electron chi connectivity index (χ2n) is 4.43. The summed E-state index contributed by atoms with van der Waals surface area (Å²) < 4.78 is 0. The first-order chi connectivity index (χ1) is 9.17. The fourth-order valence-electron chi connectivity index (χ4n) is 2.21. The Morgan fingerprint density at radius 1 is 1.26 bits per heavy atom. The Morgan fingerprint density at radius 3 is 2.68 bits per heavy atom. The van der Waals surface area contributed by atoms with Gasteiger partial charge in [0.05, 0.1) is 11.1 Å². The van der Waals surface area contributed by atoms with Crippen molar-refractivity contribution in [2.24, 2.45) is 0 Å². The summed E-state index contributed by atoms with van der Waals surface area (Å²) >= 11 is 0. The molecule has 2 aromatic rings. The summed E-state index contributed by atoms with van der Waals surface area (Å²) in [6.45, 7) is 6.07. The number of carbonyl (C=O) groups is 1. The van der Waals surface area contributed by atoms with Gasteiger partial charge in [-0.05, 0) is 37.6 Å². The summed E-state index contributed by atoms with van der Waals surface area (Å²) in [6, 6.07) is 8.94. The van der Waals surface area contributed by atoms with E-state index in [4.69, 9.17) is 5.11 Å². The molecule has 0 radical (unpaired) electrons. The minimum atomic E-state index is -0.916. The summed E-state index contributed by atoms with van der Waals surface area (Å²) in [5, 5.41) is 9.84. The zero-order chi connectivity index (χ0) is 13.8. The Labute approximate surface area is 112 Å². The topological polar surface area (TPSA) is 53.4 Å². The molecular formula is C15H18N2O2. The maximum absolute atomic E-state index is 11.2. The molecule has 0 bridgehead atoms. The van der Waals surface area contributed by atoms with Gasteiger partial charge in [0.1, 0.15) is 5.82 Å². The molecule has 0 fully saturated rings. The minimum absolute atomic E-state index is 0.301. The van der Waals surface area contributed by atoms with E-state index in [-0.39, 0.29) is 0 Å². The summed E-state index contributed by atoms with van der Waals surface area (Å²) in [7, 11) is 0. The van der Waals surface area contributed by atoms with Crippen LogP contribution in [0.5, 0.6) is 0 Å². The van der Waals surface area contributed by atoms with E-state index < -0.39 is 5.97 Å². The number of aromatic nitrogens is 1. The molecule has 0 aliphatic rings. The molecule has 0 saturated carbocycles. The van der Waals surface area contributed by atoms with E-state index in [0.717, 1.165) is 30.8 Å². The number of carboxylic acids is 1. The van der Waals surface area contributed by atoms with E-state index in [1.807, 2.05) is 18.2 Å². The standard InChI is InChI=1S/C15H18N2O2/c1-3-10-17(4-2)14-9-8-11-12(15(18)19)6-5-7-13(11)16-14/h5-9H,3-4,10H2,1-2H3,(H,18,19). The van der Waals surface area contributed by atoms with Crippen LogP contribution in [0.15, 0.2) is 30.3 Å². The second kappa shape index (κ2) is 5.69. The number of carboxylic acid groups (broad SMARTS) is 1. The van der Waals surface area contributed by atoms with Crippen molar-refractivity contribution in [1.82, 2.24) is 4.98 Å². The maximum Gasteiger partial charge on any atom is 0.336 e. The van der Waals surface area contributed by atoms with Crippen molar-refractivity contribution in [3.05, 3.63) is 35.9 Å². The molecule has 1 aromatic heterocycles. The molecular weight excluding hydrogens is 240 g/mol. The van der Waals surface area contributed by atoms with E-state index in [9.17, 15) is 4.79 Å². The van der Waals surface area contributed by atoms with E-state index in [1.165, 1.54) is 0 Å². The van der Waals surface area contributed by atoms with Crippen LogP contribution >= 0.6 is 0 Å². The van der Waals surface area contributed by atoms with E-state index >= 15 is 0 Å². The molecule has 0 atom stereocenters. The number of anilines is 1. The molecule has 2 rings (SSSR count). The number of fused-ring (bicyclic) bond motifs is 1. The fourth-order valence-corrected chi connectivity index (χ4v) is 2.21. The molecule has 0 spiro atoms. The van der Waals surface area contributed by atoms with Crippen molar-refractivity contribution in [3.63, 3.8) is 0 Å². The first-order valence-electron chi connectivity index (χ1n) is 6.55. The van der Waals surface area contributed by atoms with Crippen LogP contribution in [-0.4, -0.2) is 29.1 Å². The Kier molecular flexibility index (Phi) is 4.00. The highest BCUT2D eigenvalue weighted by molar-refractivity contribution is 6.02. The fraction of sp³-hybridized carbons (Fsp3) is 0.333. The van der Waals surface area contributed by atoms with Gasteiger partial charge in [-0.25, -0.2) is 9.78 Å². The molecule has 4 heteroatoms.